The predicted octanol–water partition coefficient (Wildman–Crippen LogP) is 15.3. The SMILES string of the molecule is c1ccc(-c2nc(-c3cccc4c3oc3c(-n5c6ccccc6c6ccc7c8ccccc8n(-c8ccccc8)c7c65)cccc34)nc(-c3cccc4c3sc3ccccc34)n2)cc1. The average molecular weight is 836 g/mol. The summed E-state index contributed by atoms with van der Waals surface area (Å²) in [5, 5.41) is 9.20. The Morgan fingerprint density at radius 1 is 0.359 bits per heavy atom. The van der Waals surface area contributed by atoms with Crippen molar-refractivity contribution in [3.8, 4) is 45.5 Å². The van der Waals surface area contributed by atoms with Gasteiger partial charge in [-0.3, -0.25) is 0 Å². The van der Waals surface area contributed by atoms with E-state index in [0.717, 1.165) is 76.8 Å². The monoisotopic (exact) mass is 835 g/mol. The zero-order valence-corrected chi connectivity index (χ0v) is 34.9. The zero-order chi connectivity index (χ0) is 41.9. The smallest absolute Gasteiger partial charge is 0.167 e. The lowest BCUT2D eigenvalue weighted by atomic mass is 10.1. The molecule has 0 radical (unpaired) electrons. The van der Waals surface area contributed by atoms with Crippen LogP contribution in [0.5, 0.6) is 0 Å². The van der Waals surface area contributed by atoms with Gasteiger partial charge in [0.2, 0.25) is 0 Å². The number of para-hydroxylation sites is 5. The number of furan rings is 1. The van der Waals surface area contributed by atoms with Crippen LogP contribution in [0.1, 0.15) is 0 Å². The molecule has 298 valence electrons. The summed E-state index contributed by atoms with van der Waals surface area (Å²) in [6, 6.07) is 70.6. The molecule has 0 N–H and O–H groups in total. The van der Waals surface area contributed by atoms with E-state index in [-0.39, 0.29) is 0 Å². The third-order valence-corrected chi connectivity index (χ3v) is 14.0. The Morgan fingerprint density at radius 2 is 0.891 bits per heavy atom. The number of benzene rings is 9. The third-order valence-electron chi connectivity index (χ3n) is 12.8. The molecule has 0 aliphatic heterocycles. The lowest BCUT2D eigenvalue weighted by Crippen LogP contribution is -2.00. The molecule has 14 rings (SSSR count). The average Bonchev–Trinajstić information content (AvgIpc) is 4.12. The van der Waals surface area contributed by atoms with Gasteiger partial charge < -0.3 is 13.6 Å². The molecule has 0 amide bonds. The Hall–Kier alpha value is -8.39. The van der Waals surface area contributed by atoms with Crippen molar-refractivity contribution >= 4 is 97.1 Å². The van der Waals surface area contributed by atoms with Crippen LogP contribution in [0.3, 0.4) is 0 Å². The highest BCUT2D eigenvalue weighted by Gasteiger charge is 2.25. The van der Waals surface area contributed by atoms with Crippen LogP contribution < -0.4 is 0 Å². The Bertz CT molecular complexity index is 4200. The van der Waals surface area contributed by atoms with Crippen molar-refractivity contribution in [1.82, 2.24) is 24.1 Å². The van der Waals surface area contributed by atoms with Gasteiger partial charge in [-0.05, 0) is 48.5 Å². The fourth-order valence-corrected chi connectivity index (χ4v) is 11.2. The van der Waals surface area contributed by atoms with Crippen molar-refractivity contribution in [1.29, 1.82) is 0 Å². The van der Waals surface area contributed by atoms with Crippen LogP contribution in [-0.2, 0) is 0 Å². The molecule has 0 aliphatic rings. The van der Waals surface area contributed by atoms with E-state index >= 15 is 0 Å². The van der Waals surface area contributed by atoms with Crippen LogP contribution in [0.25, 0.3) is 131 Å². The largest absolute Gasteiger partial charge is 0.453 e. The zero-order valence-electron chi connectivity index (χ0n) is 34.1. The van der Waals surface area contributed by atoms with Crippen LogP contribution in [0.4, 0.5) is 0 Å². The maximum atomic E-state index is 7.25. The number of aromatic nitrogens is 5. The normalized spacial score (nSPS) is 12.1. The molecule has 5 heterocycles. The molecule has 0 aliphatic carbocycles. The highest BCUT2D eigenvalue weighted by Crippen LogP contribution is 2.45. The van der Waals surface area contributed by atoms with Gasteiger partial charge in [0, 0.05) is 69.3 Å². The van der Waals surface area contributed by atoms with Gasteiger partial charge in [0.25, 0.3) is 0 Å². The number of rotatable bonds is 5. The first-order valence-corrected chi connectivity index (χ1v) is 22.3. The molecule has 0 bridgehead atoms. The summed E-state index contributed by atoms with van der Waals surface area (Å²) in [6.07, 6.45) is 0. The standard InChI is InChI=1S/C57H33N5OS/c1-3-16-34(17-4-1)55-58-56(60-57(59-55)45-27-14-25-43-38-22-9-12-31-49(38)64-54(43)45)44-26-13-23-41-42-24-15-30-48(53(42)63-52(41)44)62-47-29-11-8-21-37(47)40-33-32-39-36-20-7-10-28-46(36)61(50(39)51(40)62)35-18-5-2-6-19-35/h1-33H. The molecule has 0 saturated carbocycles. The molecule has 14 aromatic rings. The topological polar surface area (TPSA) is 61.7 Å². The molecular weight excluding hydrogens is 803 g/mol. The quantitative estimate of drug-likeness (QED) is 0.173. The molecule has 6 nitrogen and oxygen atoms in total. The van der Waals surface area contributed by atoms with Gasteiger partial charge in [-0.25, -0.2) is 15.0 Å². The third kappa shape index (κ3) is 5.04. The molecule has 64 heavy (non-hydrogen) atoms. The summed E-state index contributed by atoms with van der Waals surface area (Å²) in [7, 11) is 0. The Kier molecular flexibility index (Phi) is 7.46. The van der Waals surface area contributed by atoms with Crippen molar-refractivity contribution in [2.75, 3.05) is 0 Å². The van der Waals surface area contributed by atoms with Crippen LogP contribution >= 0.6 is 11.3 Å². The molecule has 0 spiro atoms. The van der Waals surface area contributed by atoms with Crippen molar-refractivity contribution in [2.24, 2.45) is 0 Å². The summed E-state index contributed by atoms with van der Waals surface area (Å²) in [4.78, 5) is 15.7. The van der Waals surface area contributed by atoms with E-state index in [9.17, 15) is 0 Å². The van der Waals surface area contributed by atoms with E-state index in [0.29, 0.717) is 17.5 Å². The first-order valence-electron chi connectivity index (χ1n) is 21.4. The lowest BCUT2D eigenvalue weighted by Gasteiger charge is -2.12. The van der Waals surface area contributed by atoms with E-state index in [1.807, 2.05) is 18.2 Å². The molecule has 0 fully saturated rings. The van der Waals surface area contributed by atoms with Crippen molar-refractivity contribution in [3.63, 3.8) is 0 Å². The molecule has 5 aromatic heterocycles. The minimum atomic E-state index is 0.555. The first-order chi connectivity index (χ1) is 31.8. The molecule has 0 atom stereocenters. The van der Waals surface area contributed by atoms with Gasteiger partial charge in [0.1, 0.15) is 5.58 Å². The van der Waals surface area contributed by atoms with Gasteiger partial charge in [-0.2, -0.15) is 0 Å². The van der Waals surface area contributed by atoms with Gasteiger partial charge >= 0.3 is 0 Å². The Balaban J connectivity index is 1.05. The van der Waals surface area contributed by atoms with Gasteiger partial charge in [-0.15, -0.1) is 11.3 Å². The second-order valence-electron chi connectivity index (χ2n) is 16.3. The summed E-state index contributed by atoms with van der Waals surface area (Å²) >= 11 is 1.77. The maximum absolute atomic E-state index is 7.25. The highest BCUT2D eigenvalue weighted by atomic mass is 32.1. The summed E-state index contributed by atoms with van der Waals surface area (Å²) < 4.78 is 14.5. The Morgan fingerprint density at radius 3 is 1.64 bits per heavy atom. The van der Waals surface area contributed by atoms with Gasteiger partial charge in [0.15, 0.2) is 23.1 Å². The van der Waals surface area contributed by atoms with Gasteiger partial charge in [-0.1, -0.05) is 152 Å². The number of hydrogen-bond donors (Lipinski definition) is 0. The number of thiophene rings is 1. The van der Waals surface area contributed by atoms with E-state index in [1.165, 1.54) is 37.0 Å². The fourth-order valence-electron chi connectivity index (χ4n) is 10.0. The number of hydrogen-bond acceptors (Lipinski definition) is 5. The molecule has 0 saturated heterocycles. The minimum Gasteiger partial charge on any atom is -0.453 e. The number of nitrogens with zero attached hydrogens (tertiary/aromatic N) is 5. The van der Waals surface area contributed by atoms with E-state index < -0.39 is 0 Å². The van der Waals surface area contributed by atoms with Crippen LogP contribution in [-0.4, -0.2) is 24.1 Å². The minimum absolute atomic E-state index is 0.555. The fraction of sp³-hybridized carbons (Fsp3) is 0. The van der Waals surface area contributed by atoms with Crippen molar-refractivity contribution < 1.29 is 4.42 Å². The molecule has 7 heteroatoms. The van der Waals surface area contributed by atoms with Gasteiger partial charge in [0.05, 0.1) is 33.3 Å². The van der Waals surface area contributed by atoms with Crippen molar-refractivity contribution in [2.45, 2.75) is 0 Å². The summed E-state index contributed by atoms with van der Waals surface area (Å²) in [6.45, 7) is 0. The summed E-state index contributed by atoms with van der Waals surface area (Å²) in [5.41, 5.74) is 10.8. The summed E-state index contributed by atoms with van der Waals surface area (Å²) in [5.74, 6) is 1.78. The van der Waals surface area contributed by atoms with Crippen molar-refractivity contribution in [3.05, 3.63) is 200 Å². The second-order valence-corrected chi connectivity index (χ2v) is 17.3. The molecular formula is C57H33N5OS. The van der Waals surface area contributed by atoms with E-state index in [4.69, 9.17) is 19.4 Å². The Labute approximate surface area is 369 Å². The molecule has 9 aromatic carbocycles. The predicted molar refractivity (Wildman–Crippen MR) is 265 cm³/mol. The van der Waals surface area contributed by atoms with Crippen LogP contribution in [0.15, 0.2) is 205 Å². The highest BCUT2D eigenvalue weighted by molar-refractivity contribution is 7.26. The van der Waals surface area contributed by atoms with Crippen LogP contribution in [0.2, 0.25) is 0 Å². The maximum Gasteiger partial charge on any atom is 0.167 e. The van der Waals surface area contributed by atoms with E-state index in [2.05, 4.69) is 191 Å². The lowest BCUT2D eigenvalue weighted by molar-refractivity contribution is 0.667. The van der Waals surface area contributed by atoms with E-state index in [1.54, 1.807) is 11.3 Å². The first kappa shape index (κ1) is 35.2. The second kappa shape index (κ2) is 13.6. The number of fused-ring (bicyclic) bond motifs is 13. The molecule has 0 unspecified atom stereocenters. The van der Waals surface area contributed by atoms with Crippen LogP contribution in [0, 0.1) is 0 Å².